The van der Waals surface area contributed by atoms with Crippen LogP contribution in [0.15, 0.2) is 84.9 Å². The Kier molecular flexibility index (Phi) is 12.4. The average molecular weight is 810 g/mol. The van der Waals surface area contributed by atoms with Crippen LogP contribution < -0.4 is 25.2 Å². The molecule has 0 atom stereocenters. The van der Waals surface area contributed by atoms with Gasteiger partial charge in [0.1, 0.15) is 23.4 Å². The highest BCUT2D eigenvalue weighted by molar-refractivity contribution is 6.11. The van der Waals surface area contributed by atoms with Gasteiger partial charge in [0, 0.05) is 22.3 Å². The number of phenols is 2. The van der Waals surface area contributed by atoms with Gasteiger partial charge in [-0.2, -0.15) is 5.26 Å². The van der Waals surface area contributed by atoms with Crippen LogP contribution in [0.25, 0.3) is 22.8 Å². The zero-order valence-corrected chi connectivity index (χ0v) is 32.8. The summed E-state index contributed by atoms with van der Waals surface area (Å²) in [6, 6.07) is 26.5. The van der Waals surface area contributed by atoms with Crippen molar-refractivity contribution in [2.75, 3.05) is 30.6 Å². The number of aryl methyl sites for hydroxylation is 2. The number of carbonyl (C=O) groups excluding carboxylic acids is 2. The van der Waals surface area contributed by atoms with E-state index in [-0.39, 0.29) is 64.9 Å². The van der Waals surface area contributed by atoms with Crippen LogP contribution in [0.3, 0.4) is 0 Å². The molecule has 4 aromatic carbocycles. The number of anilines is 4. The maximum absolute atomic E-state index is 12.9. The number of nitrogens with two attached hydrogens (primary N) is 1. The Morgan fingerprint density at radius 2 is 1.18 bits per heavy atom. The lowest BCUT2D eigenvalue weighted by Gasteiger charge is -2.20. The number of nitrogens with zero attached hydrogens (tertiary/aromatic N) is 7. The predicted molar refractivity (Wildman–Crippen MR) is 220 cm³/mol. The van der Waals surface area contributed by atoms with Gasteiger partial charge >= 0.3 is 0 Å². The van der Waals surface area contributed by atoms with E-state index in [4.69, 9.17) is 20.1 Å². The van der Waals surface area contributed by atoms with Gasteiger partial charge in [0.05, 0.1) is 56.4 Å². The Morgan fingerprint density at radius 3 is 1.62 bits per heavy atom. The Morgan fingerprint density at radius 1 is 0.733 bits per heavy atom. The lowest BCUT2D eigenvalue weighted by atomic mass is 10.1. The van der Waals surface area contributed by atoms with Crippen LogP contribution in [0.2, 0.25) is 0 Å². The molecule has 2 amide bonds. The van der Waals surface area contributed by atoms with Gasteiger partial charge in [-0.15, -0.1) is 0 Å². The molecule has 7 N–H and O–H groups in total. The van der Waals surface area contributed by atoms with Crippen molar-refractivity contribution in [3.8, 4) is 51.8 Å². The van der Waals surface area contributed by atoms with Crippen LogP contribution in [0.1, 0.15) is 33.6 Å². The fourth-order valence-corrected chi connectivity index (χ4v) is 6.80. The minimum Gasteiger partial charge on any atom is -0.504 e. The van der Waals surface area contributed by atoms with Crippen molar-refractivity contribution in [1.29, 1.82) is 10.7 Å². The number of aromatic nitrogens is 4. The van der Waals surface area contributed by atoms with Crippen molar-refractivity contribution in [1.82, 2.24) is 19.9 Å². The molecule has 17 heteroatoms. The lowest BCUT2D eigenvalue weighted by Crippen LogP contribution is -2.22. The molecule has 0 saturated carbocycles. The predicted octanol–water partition coefficient (Wildman–Crippen LogP) is 5.34. The minimum absolute atomic E-state index is 0.0372. The maximum Gasteiger partial charge on any atom is 0.237 e. The van der Waals surface area contributed by atoms with Crippen LogP contribution in [0.5, 0.6) is 23.0 Å². The number of fused-ring (bicyclic) bond motifs is 2. The Bertz CT molecular complexity index is 2700. The van der Waals surface area contributed by atoms with Crippen molar-refractivity contribution in [3.63, 3.8) is 0 Å². The summed E-state index contributed by atoms with van der Waals surface area (Å²) in [7, 11) is 2.91. The van der Waals surface area contributed by atoms with E-state index in [1.807, 2.05) is 62.4 Å². The Labute approximate surface area is 343 Å². The summed E-state index contributed by atoms with van der Waals surface area (Å²) in [5.74, 6) is 4.90. The monoisotopic (exact) mass is 809 g/mol. The highest BCUT2D eigenvalue weighted by atomic mass is 16.5. The third kappa shape index (κ3) is 7.88. The number of aliphatic hydroxyl groups is 1. The van der Waals surface area contributed by atoms with E-state index in [1.165, 1.54) is 36.2 Å². The van der Waals surface area contributed by atoms with Crippen LogP contribution in [0, 0.1) is 30.6 Å². The number of methoxy groups -OCH3 is 2. The highest BCUT2D eigenvalue weighted by Gasteiger charge is 2.36. The maximum atomic E-state index is 12.9. The molecule has 0 bridgehead atoms. The molecular weight excluding hydrogens is 771 g/mol. The summed E-state index contributed by atoms with van der Waals surface area (Å²) < 4.78 is 10.1. The molecule has 0 spiro atoms. The van der Waals surface area contributed by atoms with E-state index in [2.05, 4.69) is 31.9 Å². The number of nitrogens with one attached hydrogen (secondary N) is 1. The van der Waals surface area contributed by atoms with Gasteiger partial charge in [-0.05, 0) is 73.5 Å². The van der Waals surface area contributed by atoms with Crippen molar-refractivity contribution in [2.24, 2.45) is 5.90 Å². The smallest absolute Gasteiger partial charge is 0.237 e. The summed E-state index contributed by atoms with van der Waals surface area (Å²) in [4.78, 5) is 46.6. The third-order valence-corrected chi connectivity index (χ3v) is 9.69. The molecule has 2 aromatic heterocycles. The first-order valence-electron chi connectivity index (χ1n) is 18.2. The number of hydrogen-bond acceptors (Lipinski definition) is 15. The number of phenolic OH excluding ortho intramolecular Hbond substituents is 2. The summed E-state index contributed by atoms with van der Waals surface area (Å²) in [6.45, 7) is 3.30. The third-order valence-electron chi connectivity index (χ3n) is 9.69. The molecule has 304 valence electrons. The Hall–Kier alpha value is -7.78. The van der Waals surface area contributed by atoms with Crippen molar-refractivity contribution in [3.05, 3.63) is 119 Å². The summed E-state index contributed by atoms with van der Waals surface area (Å²) in [6.07, 6.45) is 0.107. The fraction of sp³-hybridized carbons (Fsp3) is 0.163. The van der Waals surface area contributed by atoms with E-state index in [0.29, 0.717) is 51.1 Å². The molecule has 0 fully saturated rings. The first-order chi connectivity index (χ1) is 29.0. The van der Waals surface area contributed by atoms with E-state index in [9.17, 15) is 30.2 Å². The first-order valence-corrected chi connectivity index (χ1v) is 18.2. The molecule has 0 radical (unpaired) electrons. The lowest BCUT2D eigenvalue weighted by molar-refractivity contribution is -0.117. The van der Waals surface area contributed by atoms with Crippen molar-refractivity contribution >= 4 is 40.5 Å². The second-order valence-corrected chi connectivity index (χ2v) is 13.3. The number of rotatable bonds is 8. The van der Waals surface area contributed by atoms with Gasteiger partial charge < -0.3 is 35.4 Å². The van der Waals surface area contributed by atoms with E-state index in [0.717, 1.165) is 16.8 Å². The topological polar surface area (TPSA) is 265 Å². The SMILES string of the molecule is COc1ccc(-c2nc(C#N)c3c(n2)N(c2ccccc2C)C(=O)C3)cc1O.COc1ccc(-c2nc(C(=N)CO)c3c(n2)N(c2ccccc2C)C(=O)C3)cc1O.NO. The van der Waals surface area contributed by atoms with Gasteiger partial charge in [-0.3, -0.25) is 19.4 Å². The van der Waals surface area contributed by atoms with Crippen molar-refractivity contribution < 1.29 is 39.6 Å². The van der Waals surface area contributed by atoms with E-state index >= 15 is 0 Å². The number of aliphatic hydroxyl groups excluding tert-OH is 1. The zero-order valence-electron chi connectivity index (χ0n) is 32.8. The number of nitriles is 1. The molecule has 0 saturated heterocycles. The number of para-hydroxylation sites is 2. The second kappa shape index (κ2) is 17.8. The number of hydrogen-bond donors (Lipinski definition) is 6. The van der Waals surface area contributed by atoms with E-state index in [1.54, 1.807) is 24.3 Å². The molecule has 8 rings (SSSR count). The highest BCUT2D eigenvalue weighted by Crippen LogP contribution is 2.41. The summed E-state index contributed by atoms with van der Waals surface area (Å²) in [5.41, 5.74) is 5.53. The molecule has 6 aromatic rings. The number of aromatic hydroxyl groups is 2. The normalized spacial score (nSPS) is 12.4. The summed E-state index contributed by atoms with van der Waals surface area (Å²) in [5, 5.41) is 54.0. The first kappa shape index (κ1) is 41.8. The van der Waals surface area contributed by atoms with E-state index < -0.39 is 6.61 Å². The van der Waals surface area contributed by atoms with Gasteiger partial charge in [0.2, 0.25) is 11.8 Å². The van der Waals surface area contributed by atoms with Crippen LogP contribution in [0.4, 0.5) is 23.0 Å². The van der Waals surface area contributed by atoms with Crippen molar-refractivity contribution in [2.45, 2.75) is 26.7 Å². The zero-order chi connectivity index (χ0) is 43.2. The van der Waals surface area contributed by atoms with Gasteiger partial charge in [0.15, 0.2) is 34.6 Å². The van der Waals surface area contributed by atoms with Gasteiger partial charge in [0.25, 0.3) is 0 Å². The number of ether oxygens (including phenoxy) is 2. The molecule has 0 aliphatic carbocycles. The molecule has 2 aliphatic rings. The molecule has 2 aliphatic heterocycles. The molecule has 0 unspecified atom stereocenters. The second-order valence-electron chi connectivity index (χ2n) is 13.3. The molecule has 4 heterocycles. The fourth-order valence-electron chi connectivity index (χ4n) is 6.80. The van der Waals surface area contributed by atoms with Crippen LogP contribution in [-0.4, -0.2) is 78.8 Å². The molecule has 17 nitrogen and oxygen atoms in total. The number of carbonyl (C=O) groups is 2. The largest absolute Gasteiger partial charge is 0.504 e. The number of benzene rings is 4. The number of amides is 2. The average Bonchev–Trinajstić information content (AvgIpc) is 3.78. The van der Waals surface area contributed by atoms with Crippen LogP contribution in [-0.2, 0) is 22.4 Å². The minimum atomic E-state index is -0.519. The van der Waals surface area contributed by atoms with Crippen LogP contribution >= 0.6 is 0 Å². The summed E-state index contributed by atoms with van der Waals surface area (Å²) >= 11 is 0. The van der Waals surface area contributed by atoms with Gasteiger partial charge in [-0.25, -0.2) is 25.8 Å². The Balaban J connectivity index is 0.000000194. The molecule has 60 heavy (non-hydrogen) atoms. The quantitative estimate of drug-likeness (QED) is 0.0838. The molecular formula is C43H39N9O8. The standard InChI is InChI=1S/C22H20N4O4.C21H16N4O3.H3NO/c1-12-5-3-4-6-16(12)26-19(29)10-14-20(15(23)11-27)24-21(25-22(14)26)13-7-8-18(30-2)17(28)9-13;1-12-5-3-4-6-16(12)25-19(27)10-14-15(11-22)23-20(24-21(14)25)13-7-8-18(28-2)17(26)9-13;1-2/h3-9,23,27-28H,10-11H2,1-2H3;3-9,26H,10H2,1-2H3;2H,1H2. The van der Waals surface area contributed by atoms with Gasteiger partial charge in [-0.1, -0.05) is 36.4 Å².